The number of piperidine rings is 1. The van der Waals surface area contributed by atoms with Gasteiger partial charge < -0.3 is 19.1 Å². The van der Waals surface area contributed by atoms with Gasteiger partial charge in [-0.05, 0) is 69.3 Å². The summed E-state index contributed by atoms with van der Waals surface area (Å²) >= 11 is 5.84. The van der Waals surface area contributed by atoms with Crippen LogP contribution in [0.4, 0.5) is 4.39 Å². The molecule has 1 fully saturated rings. The van der Waals surface area contributed by atoms with Gasteiger partial charge in [0.15, 0.2) is 0 Å². The summed E-state index contributed by atoms with van der Waals surface area (Å²) in [5, 5.41) is 9.84. The molecule has 210 valence electrons. The van der Waals surface area contributed by atoms with Crippen molar-refractivity contribution >= 4 is 28.6 Å². The lowest BCUT2D eigenvalue weighted by Crippen LogP contribution is -2.34. The van der Waals surface area contributed by atoms with Gasteiger partial charge in [-0.2, -0.15) is 0 Å². The molecule has 0 radical (unpaired) electrons. The quantitative estimate of drug-likeness (QED) is 0.248. The Morgan fingerprint density at radius 3 is 2.67 bits per heavy atom. The Labute approximate surface area is 237 Å². The number of aromatic carboxylic acids is 1. The predicted molar refractivity (Wildman–Crippen MR) is 151 cm³/mol. The fourth-order valence-corrected chi connectivity index (χ4v) is 5.47. The molecule has 1 saturated heterocycles. The number of nitrogens with zero attached hydrogens (tertiary/aromatic N) is 4. The van der Waals surface area contributed by atoms with Crippen molar-refractivity contribution in [1.82, 2.24) is 19.4 Å². The van der Waals surface area contributed by atoms with Crippen molar-refractivity contribution in [2.24, 2.45) is 0 Å². The molecule has 3 heterocycles. The van der Waals surface area contributed by atoms with Gasteiger partial charge in [0.2, 0.25) is 5.88 Å². The van der Waals surface area contributed by atoms with Crippen molar-refractivity contribution in [3.8, 4) is 5.88 Å². The molecular weight excluding hydrogens is 535 g/mol. The molecule has 0 saturated carbocycles. The molecule has 5 rings (SSSR count). The number of benzene rings is 2. The SMILES string of the molecule is COC[C@@H](C)n1c(CN2CCC(c3cccc(OCc4ccc(Cl)cc4F)n3)CC2)nc2ccc(C(=O)O)cc21. The average Bonchev–Trinajstić information content (AvgIpc) is 3.30. The highest BCUT2D eigenvalue weighted by Gasteiger charge is 2.25. The number of hydrogen-bond acceptors (Lipinski definition) is 6. The lowest BCUT2D eigenvalue weighted by molar-refractivity contribution is 0.0697. The standard InChI is InChI=1S/C30H32ClFN4O4/c1-19(17-39-2)36-27-14-21(30(37)38)7-9-26(27)33-28(36)16-35-12-10-20(11-13-35)25-4-3-5-29(34-25)40-18-22-6-8-23(31)15-24(22)32/h3-9,14-15,19-20H,10-13,16-18H2,1-2H3,(H,37,38)/t19-/m1/s1. The fourth-order valence-electron chi connectivity index (χ4n) is 5.31. The van der Waals surface area contributed by atoms with E-state index in [9.17, 15) is 14.3 Å². The van der Waals surface area contributed by atoms with E-state index in [0.717, 1.165) is 48.5 Å². The number of methoxy groups -OCH3 is 1. The van der Waals surface area contributed by atoms with E-state index in [-0.39, 0.29) is 24.1 Å². The van der Waals surface area contributed by atoms with E-state index in [1.807, 2.05) is 12.1 Å². The van der Waals surface area contributed by atoms with Crippen LogP contribution in [-0.4, -0.2) is 57.3 Å². The third-order valence-corrected chi connectivity index (χ3v) is 7.60. The predicted octanol–water partition coefficient (Wildman–Crippen LogP) is 6.09. The molecule has 1 aliphatic heterocycles. The first-order valence-corrected chi connectivity index (χ1v) is 13.7. The maximum atomic E-state index is 14.1. The summed E-state index contributed by atoms with van der Waals surface area (Å²) in [5.41, 5.74) is 3.21. The van der Waals surface area contributed by atoms with Crippen LogP contribution in [0, 0.1) is 5.82 Å². The summed E-state index contributed by atoms with van der Waals surface area (Å²) in [6, 6.07) is 15.3. The van der Waals surface area contributed by atoms with Gasteiger partial charge in [0.05, 0.1) is 35.8 Å². The molecule has 8 nitrogen and oxygen atoms in total. The minimum Gasteiger partial charge on any atom is -0.478 e. The second-order valence-corrected chi connectivity index (χ2v) is 10.6. The number of hydrogen-bond donors (Lipinski definition) is 1. The second-order valence-electron chi connectivity index (χ2n) is 10.2. The van der Waals surface area contributed by atoms with Crippen LogP contribution in [0.25, 0.3) is 11.0 Å². The van der Waals surface area contributed by atoms with Gasteiger partial charge in [0.25, 0.3) is 0 Å². The highest BCUT2D eigenvalue weighted by atomic mass is 35.5. The highest BCUT2D eigenvalue weighted by molar-refractivity contribution is 6.30. The number of fused-ring (bicyclic) bond motifs is 1. The summed E-state index contributed by atoms with van der Waals surface area (Å²) in [6.07, 6.45) is 1.86. The molecule has 40 heavy (non-hydrogen) atoms. The maximum Gasteiger partial charge on any atom is 0.335 e. The van der Waals surface area contributed by atoms with Gasteiger partial charge in [-0.1, -0.05) is 23.7 Å². The van der Waals surface area contributed by atoms with Crippen molar-refractivity contribution in [3.05, 3.63) is 88.1 Å². The number of halogens is 2. The zero-order valence-corrected chi connectivity index (χ0v) is 23.3. The number of ether oxygens (including phenoxy) is 2. The van der Waals surface area contributed by atoms with E-state index in [1.165, 1.54) is 6.07 Å². The van der Waals surface area contributed by atoms with Crippen molar-refractivity contribution < 1.29 is 23.8 Å². The molecule has 2 aromatic heterocycles. The molecule has 10 heteroatoms. The Morgan fingerprint density at radius 2 is 1.95 bits per heavy atom. The third kappa shape index (κ3) is 6.27. The van der Waals surface area contributed by atoms with Crippen LogP contribution < -0.4 is 4.74 Å². The Hall–Kier alpha value is -3.53. The highest BCUT2D eigenvalue weighted by Crippen LogP contribution is 2.30. The fraction of sp³-hybridized carbons (Fsp3) is 0.367. The first-order chi connectivity index (χ1) is 19.3. The maximum absolute atomic E-state index is 14.1. The van der Waals surface area contributed by atoms with Crippen LogP contribution in [0.15, 0.2) is 54.6 Å². The lowest BCUT2D eigenvalue weighted by atomic mass is 9.93. The number of carboxylic acid groups (broad SMARTS) is 1. The molecule has 2 aromatic carbocycles. The Morgan fingerprint density at radius 1 is 1.15 bits per heavy atom. The first-order valence-electron chi connectivity index (χ1n) is 13.3. The third-order valence-electron chi connectivity index (χ3n) is 7.36. The largest absolute Gasteiger partial charge is 0.478 e. The van der Waals surface area contributed by atoms with Gasteiger partial charge in [-0.25, -0.2) is 19.2 Å². The summed E-state index contributed by atoms with van der Waals surface area (Å²) in [7, 11) is 1.66. The number of carbonyl (C=O) groups is 1. The molecule has 0 spiro atoms. The molecule has 0 amide bonds. The zero-order chi connectivity index (χ0) is 28.2. The summed E-state index contributed by atoms with van der Waals surface area (Å²) in [6.45, 7) is 5.02. The monoisotopic (exact) mass is 566 g/mol. The minimum atomic E-state index is -0.960. The molecular formula is C30H32ClFN4O4. The summed E-state index contributed by atoms with van der Waals surface area (Å²) in [5.74, 6) is 0.289. The number of likely N-dealkylation sites (tertiary alicyclic amines) is 1. The van der Waals surface area contributed by atoms with Gasteiger partial charge in [-0.15, -0.1) is 0 Å². The van der Waals surface area contributed by atoms with Crippen LogP contribution >= 0.6 is 11.6 Å². The summed E-state index contributed by atoms with van der Waals surface area (Å²) < 4.78 is 27.4. The number of carboxylic acids is 1. The molecule has 0 aliphatic carbocycles. The molecule has 1 atom stereocenters. The molecule has 1 N–H and O–H groups in total. The van der Waals surface area contributed by atoms with Crippen LogP contribution in [-0.2, 0) is 17.9 Å². The number of pyridine rings is 1. The van der Waals surface area contributed by atoms with E-state index >= 15 is 0 Å². The van der Waals surface area contributed by atoms with E-state index < -0.39 is 11.8 Å². The van der Waals surface area contributed by atoms with Crippen molar-refractivity contribution in [2.45, 2.75) is 44.9 Å². The zero-order valence-electron chi connectivity index (χ0n) is 22.5. The summed E-state index contributed by atoms with van der Waals surface area (Å²) in [4.78, 5) is 23.5. The van der Waals surface area contributed by atoms with Gasteiger partial charge in [-0.3, -0.25) is 4.90 Å². The van der Waals surface area contributed by atoms with Crippen LogP contribution in [0.1, 0.15) is 59.2 Å². The molecule has 4 aromatic rings. The number of aromatic nitrogens is 3. The Balaban J connectivity index is 1.25. The molecule has 1 aliphatic rings. The second kappa shape index (κ2) is 12.3. The van der Waals surface area contributed by atoms with Gasteiger partial charge in [0, 0.05) is 35.4 Å². The molecule has 0 unspecified atom stereocenters. The lowest BCUT2D eigenvalue weighted by Gasteiger charge is -2.32. The van der Waals surface area contributed by atoms with Crippen molar-refractivity contribution in [1.29, 1.82) is 0 Å². The first kappa shape index (κ1) is 28.0. The van der Waals surface area contributed by atoms with E-state index in [2.05, 4.69) is 16.4 Å². The Bertz CT molecular complexity index is 1500. The van der Waals surface area contributed by atoms with Gasteiger partial charge >= 0.3 is 5.97 Å². The average molecular weight is 567 g/mol. The van der Waals surface area contributed by atoms with Crippen LogP contribution in [0.2, 0.25) is 5.02 Å². The number of rotatable bonds is 10. The van der Waals surface area contributed by atoms with E-state index in [1.54, 1.807) is 43.5 Å². The van der Waals surface area contributed by atoms with Crippen molar-refractivity contribution in [2.75, 3.05) is 26.8 Å². The van der Waals surface area contributed by atoms with E-state index in [0.29, 0.717) is 29.6 Å². The smallest absolute Gasteiger partial charge is 0.335 e. The minimum absolute atomic E-state index is 0.000119. The van der Waals surface area contributed by atoms with E-state index in [4.69, 9.17) is 31.0 Å². The molecule has 0 bridgehead atoms. The van der Waals surface area contributed by atoms with Crippen molar-refractivity contribution in [3.63, 3.8) is 0 Å². The topological polar surface area (TPSA) is 89.7 Å². The van der Waals surface area contributed by atoms with Crippen LogP contribution in [0.5, 0.6) is 5.88 Å². The Kier molecular flexibility index (Phi) is 8.63. The number of imidazole rings is 1. The van der Waals surface area contributed by atoms with Gasteiger partial charge in [0.1, 0.15) is 18.2 Å². The normalized spacial score (nSPS) is 15.4. The van der Waals surface area contributed by atoms with Crippen LogP contribution in [0.3, 0.4) is 0 Å².